The van der Waals surface area contributed by atoms with Gasteiger partial charge in [-0.05, 0) is 57.9 Å². The van der Waals surface area contributed by atoms with E-state index < -0.39 is 0 Å². The maximum Gasteiger partial charge on any atom is 0.140 e. The van der Waals surface area contributed by atoms with Crippen molar-refractivity contribution in [1.82, 2.24) is 9.55 Å². The summed E-state index contributed by atoms with van der Waals surface area (Å²) in [6, 6.07) is 4.31. The summed E-state index contributed by atoms with van der Waals surface area (Å²) in [5.74, 6) is 1.09. The minimum atomic E-state index is 0.955. The van der Waals surface area contributed by atoms with Gasteiger partial charge in [-0.3, -0.25) is 0 Å². The Morgan fingerprint density at radius 2 is 1.67 bits per heavy atom. The van der Waals surface area contributed by atoms with E-state index in [1.807, 2.05) is 0 Å². The lowest BCUT2D eigenvalue weighted by molar-refractivity contribution is 0.743. The van der Waals surface area contributed by atoms with Crippen LogP contribution >= 0.6 is 15.9 Å². The molecule has 0 unspecified atom stereocenters. The van der Waals surface area contributed by atoms with E-state index in [0.29, 0.717) is 0 Å². The highest BCUT2D eigenvalue weighted by Gasteiger charge is 2.15. The van der Waals surface area contributed by atoms with Crippen LogP contribution in [0.25, 0.3) is 11.4 Å². The van der Waals surface area contributed by atoms with Crippen molar-refractivity contribution in [1.29, 1.82) is 0 Å². The largest absolute Gasteiger partial charge is 0.328 e. The van der Waals surface area contributed by atoms with Crippen LogP contribution in [-0.4, -0.2) is 9.55 Å². The van der Waals surface area contributed by atoms with Crippen molar-refractivity contribution in [2.45, 2.75) is 41.2 Å². The predicted octanol–water partition coefficient (Wildman–Crippen LogP) is 4.57. The van der Waals surface area contributed by atoms with Crippen molar-refractivity contribution in [3.8, 4) is 11.4 Å². The molecule has 2 rings (SSSR count). The zero-order valence-electron chi connectivity index (χ0n) is 11.6. The molecule has 2 nitrogen and oxygen atoms in total. The van der Waals surface area contributed by atoms with Crippen LogP contribution in [0.15, 0.2) is 16.6 Å². The molecule has 0 aliphatic carbocycles. The summed E-state index contributed by atoms with van der Waals surface area (Å²) in [6.45, 7) is 11.6. The zero-order valence-corrected chi connectivity index (χ0v) is 13.2. The topological polar surface area (TPSA) is 17.8 Å². The number of nitrogens with zero attached hydrogens (tertiary/aromatic N) is 2. The summed E-state index contributed by atoms with van der Waals surface area (Å²) in [5, 5.41) is 0. The van der Waals surface area contributed by atoms with Gasteiger partial charge in [0.05, 0.1) is 5.69 Å². The number of aryl methyl sites for hydroxylation is 3. The lowest BCUT2D eigenvalue weighted by Gasteiger charge is -2.13. The SMILES string of the molecule is CCn1c(-c2c(C)cc(Br)cc2C)nc(C)c1C. The number of imidazole rings is 1. The van der Waals surface area contributed by atoms with Gasteiger partial charge >= 0.3 is 0 Å². The first-order valence-corrected chi connectivity index (χ1v) is 7.05. The van der Waals surface area contributed by atoms with Crippen LogP contribution in [0, 0.1) is 27.7 Å². The lowest BCUT2D eigenvalue weighted by Crippen LogP contribution is -2.02. The molecule has 0 amide bonds. The molecular formula is C15H19BrN2. The molecule has 0 radical (unpaired) electrons. The van der Waals surface area contributed by atoms with Gasteiger partial charge in [-0.25, -0.2) is 4.98 Å². The average molecular weight is 307 g/mol. The van der Waals surface area contributed by atoms with Gasteiger partial charge in [0.15, 0.2) is 0 Å². The van der Waals surface area contributed by atoms with Crippen LogP contribution in [0.1, 0.15) is 29.4 Å². The number of hydrogen-bond acceptors (Lipinski definition) is 1. The van der Waals surface area contributed by atoms with Crippen molar-refractivity contribution in [3.63, 3.8) is 0 Å². The first-order chi connectivity index (χ1) is 8.45. The molecule has 0 aliphatic rings. The first kappa shape index (κ1) is 13.3. The standard InChI is InChI=1S/C15H19BrN2/c1-6-18-12(5)11(4)17-15(18)14-9(2)7-13(16)8-10(14)3/h7-8H,6H2,1-5H3. The molecule has 1 heterocycles. The molecule has 0 atom stereocenters. The van der Waals surface area contributed by atoms with E-state index in [-0.39, 0.29) is 0 Å². The maximum atomic E-state index is 4.75. The van der Waals surface area contributed by atoms with Crippen molar-refractivity contribution in [2.24, 2.45) is 0 Å². The Morgan fingerprint density at radius 1 is 1.11 bits per heavy atom. The molecule has 2 aromatic rings. The van der Waals surface area contributed by atoms with Gasteiger partial charge in [-0.1, -0.05) is 15.9 Å². The van der Waals surface area contributed by atoms with Gasteiger partial charge < -0.3 is 4.57 Å². The Balaban J connectivity index is 2.73. The molecule has 0 N–H and O–H groups in total. The smallest absolute Gasteiger partial charge is 0.140 e. The molecule has 0 fully saturated rings. The molecule has 0 saturated carbocycles. The van der Waals surface area contributed by atoms with Gasteiger partial charge in [0.2, 0.25) is 0 Å². The van der Waals surface area contributed by atoms with E-state index in [2.05, 4.69) is 67.2 Å². The Bertz CT molecular complexity index is 574. The lowest BCUT2D eigenvalue weighted by atomic mass is 10.0. The summed E-state index contributed by atoms with van der Waals surface area (Å²) >= 11 is 3.55. The van der Waals surface area contributed by atoms with Crippen molar-refractivity contribution in [3.05, 3.63) is 39.1 Å². The summed E-state index contributed by atoms with van der Waals surface area (Å²) in [5.41, 5.74) is 6.17. The third kappa shape index (κ3) is 2.12. The molecule has 0 spiro atoms. The van der Waals surface area contributed by atoms with E-state index in [1.165, 1.54) is 22.4 Å². The average Bonchev–Trinajstić information content (AvgIpc) is 2.53. The minimum Gasteiger partial charge on any atom is -0.328 e. The molecule has 0 aliphatic heterocycles. The fraction of sp³-hybridized carbons (Fsp3) is 0.400. The fourth-order valence-corrected chi connectivity index (χ4v) is 3.18. The molecule has 1 aromatic heterocycles. The number of hydrogen-bond donors (Lipinski definition) is 0. The molecular weight excluding hydrogens is 288 g/mol. The zero-order chi connectivity index (χ0) is 13.4. The van der Waals surface area contributed by atoms with Crippen LogP contribution in [0.2, 0.25) is 0 Å². The highest BCUT2D eigenvalue weighted by molar-refractivity contribution is 9.10. The molecule has 0 bridgehead atoms. The van der Waals surface area contributed by atoms with Gasteiger partial charge in [0.1, 0.15) is 5.82 Å². The monoisotopic (exact) mass is 306 g/mol. The highest BCUT2D eigenvalue weighted by atomic mass is 79.9. The minimum absolute atomic E-state index is 0.955. The summed E-state index contributed by atoms with van der Waals surface area (Å²) < 4.78 is 3.42. The third-order valence-corrected chi connectivity index (χ3v) is 3.95. The second kappa shape index (κ2) is 4.88. The Labute approximate surface area is 117 Å². The van der Waals surface area contributed by atoms with Gasteiger partial charge in [-0.15, -0.1) is 0 Å². The number of benzene rings is 1. The third-order valence-electron chi connectivity index (χ3n) is 3.50. The highest BCUT2D eigenvalue weighted by Crippen LogP contribution is 2.30. The Hall–Kier alpha value is -1.09. The van der Waals surface area contributed by atoms with Crippen LogP contribution in [0.5, 0.6) is 0 Å². The van der Waals surface area contributed by atoms with Crippen LogP contribution in [0.3, 0.4) is 0 Å². The maximum absolute atomic E-state index is 4.75. The van der Waals surface area contributed by atoms with Gasteiger partial charge in [-0.2, -0.15) is 0 Å². The first-order valence-electron chi connectivity index (χ1n) is 6.26. The summed E-state index contributed by atoms with van der Waals surface area (Å²) in [4.78, 5) is 4.75. The van der Waals surface area contributed by atoms with E-state index in [0.717, 1.165) is 22.5 Å². The van der Waals surface area contributed by atoms with Gasteiger partial charge in [0, 0.05) is 22.3 Å². The second-order valence-electron chi connectivity index (χ2n) is 4.77. The van der Waals surface area contributed by atoms with Crippen molar-refractivity contribution < 1.29 is 0 Å². The second-order valence-corrected chi connectivity index (χ2v) is 5.68. The van der Waals surface area contributed by atoms with Crippen LogP contribution in [0.4, 0.5) is 0 Å². The number of rotatable bonds is 2. The van der Waals surface area contributed by atoms with Crippen molar-refractivity contribution >= 4 is 15.9 Å². The van der Waals surface area contributed by atoms with E-state index >= 15 is 0 Å². The molecule has 0 saturated heterocycles. The molecule has 1 aromatic carbocycles. The fourth-order valence-electron chi connectivity index (χ4n) is 2.50. The molecule has 18 heavy (non-hydrogen) atoms. The van der Waals surface area contributed by atoms with Crippen LogP contribution < -0.4 is 0 Å². The van der Waals surface area contributed by atoms with Gasteiger partial charge in [0.25, 0.3) is 0 Å². The Kier molecular flexibility index (Phi) is 3.62. The van der Waals surface area contributed by atoms with E-state index in [1.54, 1.807) is 0 Å². The quantitative estimate of drug-likeness (QED) is 0.795. The number of aromatic nitrogens is 2. The van der Waals surface area contributed by atoms with Crippen LogP contribution in [-0.2, 0) is 6.54 Å². The number of halogens is 1. The summed E-state index contributed by atoms with van der Waals surface area (Å²) in [7, 11) is 0. The molecule has 96 valence electrons. The van der Waals surface area contributed by atoms with E-state index in [4.69, 9.17) is 4.98 Å². The van der Waals surface area contributed by atoms with Crippen molar-refractivity contribution in [2.75, 3.05) is 0 Å². The van der Waals surface area contributed by atoms with E-state index in [9.17, 15) is 0 Å². The summed E-state index contributed by atoms with van der Waals surface area (Å²) in [6.07, 6.45) is 0. The Morgan fingerprint density at radius 3 is 2.17 bits per heavy atom. The predicted molar refractivity (Wildman–Crippen MR) is 80.0 cm³/mol. The normalized spacial score (nSPS) is 11.0. The molecule has 3 heteroatoms.